The highest BCUT2D eigenvalue weighted by Crippen LogP contribution is 2.39. The summed E-state index contributed by atoms with van der Waals surface area (Å²) in [7, 11) is 0. The van der Waals surface area contributed by atoms with Crippen molar-refractivity contribution in [1.29, 1.82) is 0 Å². The van der Waals surface area contributed by atoms with Crippen LogP contribution in [0.1, 0.15) is 56.3 Å². The van der Waals surface area contributed by atoms with Crippen molar-refractivity contribution < 1.29 is 5.11 Å². The zero-order valence-electron chi connectivity index (χ0n) is 12.6. The normalized spacial score (nSPS) is 14.3. The second-order valence-electron chi connectivity index (χ2n) is 5.46. The second kappa shape index (κ2) is 7.43. The van der Waals surface area contributed by atoms with E-state index in [0.717, 1.165) is 55.4 Å². The van der Waals surface area contributed by atoms with Crippen LogP contribution in [0.15, 0.2) is 0 Å². The van der Waals surface area contributed by atoms with Gasteiger partial charge in [0, 0.05) is 31.2 Å². The highest BCUT2D eigenvalue weighted by molar-refractivity contribution is 5.57. The third-order valence-electron chi connectivity index (χ3n) is 3.53. The van der Waals surface area contributed by atoms with Crippen LogP contribution >= 0.6 is 0 Å². The molecule has 5 heteroatoms. The maximum atomic E-state index is 8.82. The van der Waals surface area contributed by atoms with Crippen LogP contribution in [0.25, 0.3) is 0 Å². The highest BCUT2D eigenvalue weighted by Gasteiger charge is 2.28. The largest absolute Gasteiger partial charge is 0.396 e. The lowest BCUT2D eigenvalue weighted by Gasteiger charge is -2.14. The SMILES string of the molecule is CCCNc1nc(C2CC2)nc(NCCCCO)c1C. The van der Waals surface area contributed by atoms with Gasteiger partial charge in [0.15, 0.2) is 0 Å². The predicted octanol–water partition coefficient (Wildman–Crippen LogP) is 2.67. The number of rotatable bonds is 9. The molecule has 0 atom stereocenters. The number of nitrogens with zero attached hydrogens (tertiary/aromatic N) is 2. The molecule has 2 rings (SSSR count). The average Bonchev–Trinajstić information content (AvgIpc) is 3.28. The number of nitrogens with one attached hydrogen (secondary N) is 2. The number of aliphatic hydroxyl groups is 1. The van der Waals surface area contributed by atoms with E-state index in [4.69, 9.17) is 5.11 Å². The quantitative estimate of drug-likeness (QED) is 0.606. The Hall–Kier alpha value is -1.36. The zero-order valence-corrected chi connectivity index (χ0v) is 12.6. The van der Waals surface area contributed by atoms with Crippen molar-refractivity contribution in [2.24, 2.45) is 0 Å². The van der Waals surface area contributed by atoms with Gasteiger partial charge in [0.05, 0.1) is 0 Å². The van der Waals surface area contributed by atoms with Gasteiger partial charge in [-0.2, -0.15) is 0 Å². The second-order valence-corrected chi connectivity index (χ2v) is 5.46. The highest BCUT2D eigenvalue weighted by atomic mass is 16.2. The van der Waals surface area contributed by atoms with Crippen molar-refractivity contribution >= 4 is 11.6 Å². The molecule has 1 fully saturated rings. The molecule has 0 aliphatic heterocycles. The number of hydrogen-bond acceptors (Lipinski definition) is 5. The standard InChI is InChI=1S/C15H26N4O/c1-3-8-16-13-11(2)14(17-9-4-5-10-20)19-15(18-13)12-6-7-12/h12,20H,3-10H2,1-2H3,(H2,16,17,18,19). The van der Waals surface area contributed by atoms with Gasteiger partial charge >= 0.3 is 0 Å². The number of aromatic nitrogens is 2. The fourth-order valence-electron chi connectivity index (χ4n) is 2.09. The van der Waals surface area contributed by atoms with Gasteiger partial charge in [-0.05, 0) is 39.0 Å². The van der Waals surface area contributed by atoms with Gasteiger partial charge in [0.1, 0.15) is 17.5 Å². The van der Waals surface area contributed by atoms with E-state index >= 15 is 0 Å². The summed E-state index contributed by atoms with van der Waals surface area (Å²) in [5.74, 6) is 3.43. The Morgan fingerprint density at radius 3 is 2.30 bits per heavy atom. The monoisotopic (exact) mass is 278 g/mol. The summed E-state index contributed by atoms with van der Waals surface area (Å²) in [5.41, 5.74) is 1.09. The summed E-state index contributed by atoms with van der Waals surface area (Å²) in [6, 6.07) is 0. The molecule has 1 aromatic heterocycles. The molecule has 0 radical (unpaired) electrons. The Balaban J connectivity index is 2.08. The minimum atomic E-state index is 0.251. The van der Waals surface area contributed by atoms with Crippen LogP contribution in [0, 0.1) is 6.92 Å². The summed E-state index contributed by atoms with van der Waals surface area (Å²) >= 11 is 0. The summed E-state index contributed by atoms with van der Waals surface area (Å²) in [4.78, 5) is 9.35. The lowest BCUT2D eigenvalue weighted by molar-refractivity contribution is 0.286. The third kappa shape index (κ3) is 4.07. The first-order valence-corrected chi connectivity index (χ1v) is 7.73. The van der Waals surface area contributed by atoms with Crippen LogP contribution in [0.5, 0.6) is 0 Å². The zero-order chi connectivity index (χ0) is 14.4. The van der Waals surface area contributed by atoms with Gasteiger partial charge in [-0.1, -0.05) is 6.92 Å². The van der Waals surface area contributed by atoms with Crippen molar-refractivity contribution in [1.82, 2.24) is 9.97 Å². The van der Waals surface area contributed by atoms with Gasteiger partial charge in [-0.3, -0.25) is 0 Å². The number of anilines is 2. The molecule has 0 unspecified atom stereocenters. The first-order valence-electron chi connectivity index (χ1n) is 7.73. The van der Waals surface area contributed by atoms with E-state index in [-0.39, 0.29) is 6.61 Å². The Kier molecular flexibility index (Phi) is 5.59. The molecule has 1 aromatic rings. The van der Waals surface area contributed by atoms with E-state index in [1.165, 1.54) is 12.8 Å². The van der Waals surface area contributed by atoms with Crippen LogP contribution in [-0.4, -0.2) is 34.8 Å². The Bertz CT molecular complexity index is 432. The van der Waals surface area contributed by atoms with Crippen molar-refractivity contribution in [2.75, 3.05) is 30.3 Å². The topological polar surface area (TPSA) is 70.1 Å². The molecule has 1 aliphatic carbocycles. The van der Waals surface area contributed by atoms with E-state index in [9.17, 15) is 0 Å². The van der Waals surface area contributed by atoms with E-state index < -0.39 is 0 Å². The molecule has 1 heterocycles. The summed E-state index contributed by atoms with van der Waals surface area (Å²) in [5, 5.41) is 15.6. The molecule has 0 aromatic carbocycles. The smallest absolute Gasteiger partial charge is 0.136 e. The van der Waals surface area contributed by atoms with Crippen LogP contribution < -0.4 is 10.6 Å². The number of aliphatic hydroxyl groups excluding tert-OH is 1. The molecule has 20 heavy (non-hydrogen) atoms. The van der Waals surface area contributed by atoms with E-state index in [0.29, 0.717) is 5.92 Å². The summed E-state index contributed by atoms with van der Waals surface area (Å²) < 4.78 is 0. The third-order valence-corrected chi connectivity index (χ3v) is 3.53. The van der Waals surface area contributed by atoms with Crippen LogP contribution in [0.2, 0.25) is 0 Å². The van der Waals surface area contributed by atoms with Gasteiger partial charge in [0.25, 0.3) is 0 Å². The van der Waals surface area contributed by atoms with Gasteiger partial charge < -0.3 is 15.7 Å². The maximum Gasteiger partial charge on any atom is 0.136 e. The van der Waals surface area contributed by atoms with Crippen molar-refractivity contribution in [2.45, 2.75) is 51.9 Å². The first-order chi connectivity index (χ1) is 9.76. The molecule has 1 aliphatic rings. The molecule has 0 spiro atoms. The molecule has 5 nitrogen and oxygen atoms in total. The molecular formula is C15H26N4O. The number of hydrogen-bond donors (Lipinski definition) is 3. The van der Waals surface area contributed by atoms with Crippen LogP contribution in [0.4, 0.5) is 11.6 Å². The first kappa shape index (κ1) is 15.0. The molecule has 112 valence electrons. The fraction of sp³-hybridized carbons (Fsp3) is 0.733. The number of unbranched alkanes of at least 4 members (excludes halogenated alkanes) is 1. The Morgan fingerprint density at radius 1 is 1.10 bits per heavy atom. The minimum Gasteiger partial charge on any atom is -0.396 e. The fourth-order valence-corrected chi connectivity index (χ4v) is 2.09. The maximum absolute atomic E-state index is 8.82. The van der Waals surface area contributed by atoms with Crippen molar-refractivity contribution in [3.63, 3.8) is 0 Å². The van der Waals surface area contributed by atoms with E-state index in [1.807, 2.05) is 0 Å². The van der Waals surface area contributed by atoms with Gasteiger partial charge in [0.2, 0.25) is 0 Å². The summed E-state index contributed by atoms with van der Waals surface area (Å²) in [6.07, 6.45) is 5.28. The molecule has 0 saturated heterocycles. The van der Waals surface area contributed by atoms with Gasteiger partial charge in [-0.15, -0.1) is 0 Å². The molecule has 1 saturated carbocycles. The molecule has 3 N–H and O–H groups in total. The Morgan fingerprint density at radius 2 is 1.75 bits per heavy atom. The van der Waals surface area contributed by atoms with Crippen LogP contribution in [-0.2, 0) is 0 Å². The van der Waals surface area contributed by atoms with E-state index in [1.54, 1.807) is 0 Å². The molecule has 0 amide bonds. The van der Waals surface area contributed by atoms with Gasteiger partial charge in [-0.25, -0.2) is 9.97 Å². The molecular weight excluding hydrogens is 252 g/mol. The lowest BCUT2D eigenvalue weighted by atomic mass is 10.2. The van der Waals surface area contributed by atoms with Crippen molar-refractivity contribution in [3.05, 3.63) is 11.4 Å². The average molecular weight is 278 g/mol. The van der Waals surface area contributed by atoms with Crippen molar-refractivity contribution in [3.8, 4) is 0 Å². The Labute approximate surface area is 121 Å². The molecule has 0 bridgehead atoms. The minimum absolute atomic E-state index is 0.251. The predicted molar refractivity (Wildman–Crippen MR) is 82.3 cm³/mol. The van der Waals surface area contributed by atoms with Crippen LogP contribution in [0.3, 0.4) is 0 Å². The lowest BCUT2D eigenvalue weighted by Crippen LogP contribution is -2.12. The summed E-state index contributed by atoms with van der Waals surface area (Å²) in [6.45, 7) is 6.24. The van der Waals surface area contributed by atoms with E-state index in [2.05, 4.69) is 34.4 Å².